The lowest BCUT2D eigenvalue weighted by atomic mass is 10.2. The molecule has 1 heterocycles. The van der Waals surface area contributed by atoms with E-state index in [9.17, 15) is 0 Å². The Kier molecular flexibility index (Phi) is 1.43. The lowest BCUT2D eigenvalue weighted by molar-refractivity contribution is 0.720. The zero-order valence-electron chi connectivity index (χ0n) is 7.09. The van der Waals surface area contributed by atoms with Crippen LogP contribution >= 0.6 is 0 Å². The molecule has 0 amide bonds. The molecular weight excluding hydrogens is 152 g/mol. The Bertz CT molecular complexity index is 337. The maximum absolute atomic E-state index is 7.38. The molecule has 12 heavy (non-hydrogen) atoms. The summed E-state index contributed by atoms with van der Waals surface area (Å²) in [4.78, 5) is 0. The topological polar surface area (TPSA) is 67.7 Å². The molecule has 0 bridgehead atoms. The molecule has 4 heteroatoms. The molecule has 0 atom stereocenters. The predicted octanol–water partition coefficient (Wildman–Crippen LogP) is 0.193. The lowest BCUT2D eigenvalue weighted by Gasteiger charge is -2.00. The average Bonchev–Trinajstić information content (AvgIpc) is 2.44. The van der Waals surface area contributed by atoms with Crippen molar-refractivity contribution < 1.29 is 0 Å². The fourth-order valence-corrected chi connectivity index (χ4v) is 1.86. The fraction of sp³-hybridized carbons (Fsp3) is 0.500. The monoisotopic (exact) mass is 164 g/mol. The highest BCUT2D eigenvalue weighted by Gasteiger charge is 2.21. The van der Waals surface area contributed by atoms with Gasteiger partial charge in [-0.25, -0.2) is 0 Å². The molecule has 0 radical (unpaired) electrons. The predicted molar refractivity (Wildman–Crippen MR) is 46.2 cm³/mol. The molecular formula is C8H12N4. The van der Waals surface area contributed by atoms with Crippen LogP contribution in [0.25, 0.3) is 0 Å². The second-order valence-electron chi connectivity index (χ2n) is 3.16. The van der Waals surface area contributed by atoms with Gasteiger partial charge in [-0.1, -0.05) is 0 Å². The largest absolute Gasteiger partial charge is 0.382 e. The Morgan fingerprint density at radius 3 is 3.00 bits per heavy atom. The molecule has 1 aliphatic carbocycles. The minimum Gasteiger partial charge on any atom is -0.382 e. The van der Waals surface area contributed by atoms with Gasteiger partial charge in [0.15, 0.2) is 0 Å². The highest BCUT2D eigenvalue weighted by molar-refractivity contribution is 5.95. The van der Waals surface area contributed by atoms with Crippen molar-refractivity contribution in [3.63, 3.8) is 0 Å². The van der Waals surface area contributed by atoms with Gasteiger partial charge < -0.3 is 5.73 Å². The smallest absolute Gasteiger partial charge is 0.141 e. The first kappa shape index (κ1) is 7.34. The molecule has 0 saturated carbocycles. The van der Waals surface area contributed by atoms with Gasteiger partial charge in [0.05, 0.1) is 5.69 Å². The maximum Gasteiger partial charge on any atom is 0.141 e. The molecule has 1 aliphatic rings. The highest BCUT2D eigenvalue weighted by Crippen LogP contribution is 2.23. The van der Waals surface area contributed by atoms with E-state index in [0.29, 0.717) is 0 Å². The molecule has 0 spiro atoms. The normalized spacial score (nSPS) is 14.8. The van der Waals surface area contributed by atoms with E-state index in [1.54, 1.807) is 4.68 Å². The van der Waals surface area contributed by atoms with Gasteiger partial charge in [-0.05, 0) is 19.3 Å². The summed E-state index contributed by atoms with van der Waals surface area (Å²) in [6.07, 6.45) is 3.22. The van der Waals surface area contributed by atoms with Gasteiger partial charge in [-0.3, -0.25) is 10.1 Å². The molecule has 1 aromatic heterocycles. The van der Waals surface area contributed by atoms with Crippen molar-refractivity contribution in [1.29, 1.82) is 5.41 Å². The van der Waals surface area contributed by atoms with E-state index in [1.165, 1.54) is 5.56 Å². The second-order valence-corrected chi connectivity index (χ2v) is 3.16. The number of nitrogens with zero attached hydrogens (tertiary/aromatic N) is 2. The van der Waals surface area contributed by atoms with Crippen molar-refractivity contribution in [2.24, 2.45) is 12.8 Å². The van der Waals surface area contributed by atoms with Gasteiger partial charge in [0, 0.05) is 12.6 Å². The van der Waals surface area contributed by atoms with Crippen LogP contribution in [0, 0.1) is 5.41 Å². The summed E-state index contributed by atoms with van der Waals surface area (Å²) < 4.78 is 1.71. The molecule has 0 saturated heterocycles. The number of hydrogen-bond acceptors (Lipinski definition) is 2. The molecule has 3 N–H and O–H groups in total. The number of rotatable bonds is 1. The van der Waals surface area contributed by atoms with Gasteiger partial charge in [0.1, 0.15) is 11.5 Å². The minimum absolute atomic E-state index is 0.133. The van der Waals surface area contributed by atoms with Crippen LogP contribution < -0.4 is 5.73 Å². The third kappa shape index (κ3) is 0.841. The van der Waals surface area contributed by atoms with Crippen LogP contribution in [0.2, 0.25) is 0 Å². The average molecular weight is 164 g/mol. The molecule has 2 rings (SSSR count). The summed E-state index contributed by atoms with van der Waals surface area (Å²) in [5.74, 6) is 0.133. The molecule has 64 valence electrons. The third-order valence-corrected chi connectivity index (χ3v) is 2.32. The van der Waals surface area contributed by atoms with Gasteiger partial charge in [0.25, 0.3) is 0 Å². The third-order valence-electron chi connectivity index (χ3n) is 2.32. The van der Waals surface area contributed by atoms with Crippen molar-refractivity contribution in [2.75, 3.05) is 0 Å². The first-order valence-corrected chi connectivity index (χ1v) is 4.09. The number of aryl methyl sites for hydroxylation is 2. The number of aromatic nitrogens is 2. The Labute approximate surface area is 70.9 Å². The van der Waals surface area contributed by atoms with Crippen molar-refractivity contribution in [2.45, 2.75) is 19.3 Å². The van der Waals surface area contributed by atoms with E-state index in [-0.39, 0.29) is 5.84 Å². The first-order chi connectivity index (χ1) is 5.70. The Morgan fingerprint density at radius 2 is 2.33 bits per heavy atom. The lowest BCUT2D eigenvalue weighted by Crippen LogP contribution is -2.17. The van der Waals surface area contributed by atoms with Crippen LogP contribution in [-0.2, 0) is 19.9 Å². The van der Waals surface area contributed by atoms with E-state index in [2.05, 4.69) is 5.10 Å². The summed E-state index contributed by atoms with van der Waals surface area (Å²) in [5.41, 5.74) is 8.58. The molecule has 0 aromatic carbocycles. The van der Waals surface area contributed by atoms with E-state index < -0.39 is 0 Å². The number of nitrogens with two attached hydrogens (primary N) is 1. The second kappa shape index (κ2) is 2.33. The van der Waals surface area contributed by atoms with Crippen LogP contribution in [0.1, 0.15) is 23.4 Å². The van der Waals surface area contributed by atoms with Gasteiger partial charge in [-0.15, -0.1) is 0 Å². The molecule has 0 fully saturated rings. The van der Waals surface area contributed by atoms with E-state index in [0.717, 1.165) is 30.7 Å². The number of hydrogen-bond donors (Lipinski definition) is 2. The van der Waals surface area contributed by atoms with E-state index >= 15 is 0 Å². The van der Waals surface area contributed by atoms with Crippen LogP contribution in [0.4, 0.5) is 0 Å². The summed E-state index contributed by atoms with van der Waals surface area (Å²) in [6.45, 7) is 0. The van der Waals surface area contributed by atoms with Crippen LogP contribution in [0.3, 0.4) is 0 Å². The summed E-state index contributed by atoms with van der Waals surface area (Å²) >= 11 is 0. The first-order valence-electron chi connectivity index (χ1n) is 4.09. The standard InChI is InChI=1S/C8H12N4/c1-12-7(8(9)10)5-3-2-4-6(5)11-12/h2-4H2,1H3,(H3,9,10). The number of nitrogen functional groups attached to an aromatic ring is 1. The van der Waals surface area contributed by atoms with Crippen molar-refractivity contribution in [3.8, 4) is 0 Å². The number of nitrogens with one attached hydrogen (secondary N) is 1. The molecule has 4 nitrogen and oxygen atoms in total. The Morgan fingerprint density at radius 1 is 1.58 bits per heavy atom. The SMILES string of the molecule is Cn1nc2c(c1C(=N)N)CCC2. The summed E-state index contributed by atoms with van der Waals surface area (Å²) in [5, 5.41) is 11.7. The van der Waals surface area contributed by atoms with Gasteiger partial charge in [0.2, 0.25) is 0 Å². The number of amidine groups is 1. The van der Waals surface area contributed by atoms with Crippen molar-refractivity contribution in [1.82, 2.24) is 9.78 Å². The Balaban J connectivity index is 2.59. The van der Waals surface area contributed by atoms with Gasteiger partial charge in [-0.2, -0.15) is 5.10 Å². The highest BCUT2D eigenvalue weighted by atomic mass is 15.3. The van der Waals surface area contributed by atoms with E-state index in [4.69, 9.17) is 11.1 Å². The fourth-order valence-electron chi connectivity index (χ4n) is 1.86. The van der Waals surface area contributed by atoms with Crippen LogP contribution in [0.5, 0.6) is 0 Å². The zero-order valence-corrected chi connectivity index (χ0v) is 7.09. The Hall–Kier alpha value is -1.32. The van der Waals surface area contributed by atoms with Crippen molar-refractivity contribution >= 4 is 5.84 Å². The van der Waals surface area contributed by atoms with Crippen LogP contribution in [0.15, 0.2) is 0 Å². The summed E-state index contributed by atoms with van der Waals surface area (Å²) in [6, 6.07) is 0. The quantitative estimate of drug-likeness (QED) is 0.459. The minimum atomic E-state index is 0.133. The molecule has 0 unspecified atom stereocenters. The summed E-state index contributed by atoms with van der Waals surface area (Å²) in [7, 11) is 1.84. The van der Waals surface area contributed by atoms with Crippen LogP contribution in [-0.4, -0.2) is 15.6 Å². The van der Waals surface area contributed by atoms with Gasteiger partial charge >= 0.3 is 0 Å². The zero-order chi connectivity index (χ0) is 8.72. The molecule has 0 aliphatic heterocycles. The maximum atomic E-state index is 7.38. The molecule has 1 aromatic rings. The number of fused-ring (bicyclic) bond motifs is 1. The van der Waals surface area contributed by atoms with E-state index in [1.807, 2.05) is 7.05 Å². The van der Waals surface area contributed by atoms with Crippen molar-refractivity contribution in [3.05, 3.63) is 17.0 Å².